The highest BCUT2D eigenvalue weighted by molar-refractivity contribution is 5.31. The fraction of sp³-hybridized carbons (Fsp3) is 0.500. The largest absolute Gasteiger partial charge is 0.492 e. The van der Waals surface area contributed by atoms with Gasteiger partial charge in [0.05, 0.1) is 39.6 Å². The van der Waals surface area contributed by atoms with Gasteiger partial charge in [-0.3, -0.25) is 0 Å². The molecule has 0 saturated carbocycles. The Morgan fingerprint density at radius 2 is 0.606 bits per heavy atom. The molecule has 0 aliphatic rings. The number of nitrogens with two attached hydrogens (primary N) is 2. The number of hydrogen-bond donors (Lipinski definition) is 2. The minimum atomic E-state index is 0.468. The van der Waals surface area contributed by atoms with Crippen LogP contribution in [0.25, 0.3) is 0 Å². The van der Waals surface area contributed by atoms with Gasteiger partial charge in [0, 0.05) is 13.1 Å². The highest BCUT2D eigenvalue weighted by Crippen LogP contribution is 2.18. The van der Waals surface area contributed by atoms with Gasteiger partial charge in [-0.25, -0.2) is 0 Å². The molecule has 0 aliphatic heterocycles. The SMILES string of the molecule is NCCOc1ccc(OCCOCCOCCOCCOc2ccc(OCCN)cc2)cc1. The first-order valence-electron chi connectivity index (χ1n) is 11.2. The van der Waals surface area contributed by atoms with E-state index in [1.54, 1.807) is 0 Å². The minimum Gasteiger partial charge on any atom is -0.492 e. The number of benzene rings is 2. The summed E-state index contributed by atoms with van der Waals surface area (Å²) in [5.74, 6) is 3.09. The third-order valence-electron chi connectivity index (χ3n) is 4.16. The second-order valence-corrected chi connectivity index (χ2v) is 6.75. The van der Waals surface area contributed by atoms with Crippen molar-refractivity contribution in [3.63, 3.8) is 0 Å². The Morgan fingerprint density at radius 1 is 0.364 bits per heavy atom. The summed E-state index contributed by atoms with van der Waals surface area (Å²) in [6, 6.07) is 14.8. The lowest BCUT2D eigenvalue weighted by Crippen LogP contribution is -2.14. The van der Waals surface area contributed by atoms with Crippen LogP contribution in [0.1, 0.15) is 0 Å². The van der Waals surface area contributed by atoms with Crippen molar-refractivity contribution in [2.24, 2.45) is 11.5 Å². The Bertz CT molecular complexity index is 652. The molecule has 184 valence electrons. The zero-order valence-corrected chi connectivity index (χ0v) is 19.1. The van der Waals surface area contributed by atoms with E-state index in [4.69, 9.17) is 44.6 Å². The Labute approximate surface area is 195 Å². The monoisotopic (exact) mass is 464 g/mol. The van der Waals surface area contributed by atoms with Gasteiger partial charge in [0.1, 0.15) is 49.4 Å². The van der Waals surface area contributed by atoms with Crippen LogP contribution < -0.4 is 30.4 Å². The van der Waals surface area contributed by atoms with E-state index in [9.17, 15) is 0 Å². The first-order chi connectivity index (χ1) is 16.3. The van der Waals surface area contributed by atoms with Crippen LogP contribution >= 0.6 is 0 Å². The van der Waals surface area contributed by atoms with Crippen molar-refractivity contribution in [3.05, 3.63) is 48.5 Å². The molecule has 0 heterocycles. The lowest BCUT2D eigenvalue weighted by atomic mass is 10.3. The van der Waals surface area contributed by atoms with Crippen LogP contribution in [0.15, 0.2) is 48.5 Å². The summed E-state index contributed by atoms with van der Waals surface area (Å²) < 4.78 is 38.5. The lowest BCUT2D eigenvalue weighted by molar-refractivity contribution is 0.00498. The van der Waals surface area contributed by atoms with E-state index in [0.29, 0.717) is 79.2 Å². The van der Waals surface area contributed by atoms with Gasteiger partial charge < -0.3 is 44.6 Å². The first kappa shape index (κ1) is 26.7. The van der Waals surface area contributed by atoms with Gasteiger partial charge in [-0.2, -0.15) is 0 Å². The molecule has 0 aliphatic carbocycles. The van der Waals surface area contributed by atoms with Crippen molar-refractivity contribution in [3.8, 4) is 23.0 Å². The molecular weight excluding hydrogens is 428 g/mol. The Morgan fingerprint density at radius 3 is 0.879 bits per heavy atom. The molecule has 0 fully saturated rings. The van der Waals surface area contributed by atoms with E-state index in [-0.39, 0.29) is 0 Å². The smallest absolute Gasteiger partial charge is 0.119 e. The zero-order chi connectivity index (χ0) is 23.4. The fourth-order valence-corrected chi connectivity index (χ4v) is 2.60. The van der Waals surface area contributed by atoms with Gasteiger partial charge in [0.25, 0.3) is 0 Å². The predicted molar refractivity (Wildman–Crippen MR) is 125 cm³/mol. The van der Waals surface area contributed by atoms with Crippen molar-refractivity contribution in [1.29, 1.82) is 0 Å². The van der Waals surface area contributed by atoms with Crippen molar-refractivity contribution in [2.75, 3.05) is 79.2 Å². The van der Waals surface area contributed by atoms with E-state index in [1.165, 1.54) is 0 Å². The summed E-state index contributed by atoms with van der Waals surface area (Å²) in [6.07, 6.45) is 0. The van der Waals surface area contributed by atoms with Crippen molar-refractivity contribution in [2.45, 2.75) is 0 Å². The summed E-state index contributed by atoms with van der Waals surface area (Å²) in [5, 5.41) is 0. The van der Waals surface area contributed by atoms with Gasteiger partial charge >= 0.3 is 0 Å². The van der Waals surface area contributed by atoms with E-state index in [0.717, 1.165) is 23.0 Å². The second kappa shape index (κ2) is 17.9. The molecule has 2 rings (SSSR count). The Balaban J connectivity index is 1.35. The molecule has 0 bridgehead atoms. The molecule has 0 saturated heterocycles. The van der Waals surface area contributed by atoms with Crippen molar-refractivity contribution in [1.82, 2.24) is 0 Å². The van der Waals surface area contributed by atoms with E-state index in [1.807, 2.05) is 48.5 Å². The Kier molecular flexibility index (Phi) is 14.5. The Hall–Kier alpha value is -2.56. The van der Waals surface area contributed by atoms with Gasteiger partial charge in [0.15, 0.2) is 0 Å². The van der Waals surface area contributed by atoms with Crippen LogP contribution in [-0.2, 0) is 14.2 Å². The third-order valence-corrected chi connectivity index (χ3v) is 4.16. The fourth-order valence-electron chi connectivity index (χ4n) is 2.60. The molecule has 0 aromatic heterocycles. The third kappa shape index (κ3) is 12.9. The maximum absolute atomic E-state index is 5.61. The van der Waals surface area contributed by atoms with Gasteiger partial charge in [0.2, 0.25) is 0 Å². The standard InChI is InChI=1S/C24H36N2O7/c25-9-11-30-21-1-5-23(6-2-21)32-19-17-28-15-13-27-14-16-29-18-20-33-24-7-3-22(4-8-24)31-12-10-26/h1-8H,9-20,25-26H2. The van der Waals surface area contributed by atoms with Gasteiger partial charge in [-0.05, 0) is 48.5 Å². The quantitative estimate of drug-likeness (QED) is 0.283. The summed E-state index contributed by atoms with van der Waals surface area (Å²) in [5.41, 5.74) is 10.8. The molecule has 9 nitrogen and oxygen atoms in total. The average Bonchev–Trinajstić information content (AvgIpc) is 2.85. The van der Waals surface area contributed by atoms with E-state index >= 15 is 0 Å². The minimum absolute atomic E-state index is 0.468. The maximum Gasteiger partial charge on any atom is 0.119 e. The van der Waals surface area contributed by atoms with Crippen molar-refractivity contribution >= 4 is 0 Å². The van der Waals surface area contributed by atoms with Gasteiger partial charge in [-0.15, -0.1) is 0 Å². The zero-order valence-electron chi connectivity index (χ0n) is 19.1. The average molecular weight is 465 g/mol. The molecule has 0 atom stereocenters. The number of rotatable bonds is 20. The molecule has 0 amide bonds. The molecule has 2 aromatic rings. The summed E-state index contributed by atoms with van der Waals surface area (Å²) in [6.45, 7) is 5.91. The van der Waals surface area contributed by atoms with Crippen LogP contribution in [0.3, 0.4) is 0 Å². The molecule has 4 N–H and O–H groups in total. The molecule has 0 spiro atoms. The van der Waals surface area contributed by atoms with Crippen LogP contribution in [0.5, 0.6) is 23.0 Å². The summed E-state index contributed by atoms with van der Waals surface area (Å²) in [4.78, 5) is 0. The van der Waals surface area contributed by atoms with E-state index < -0.39 is 0 Å². The van der Waals surface area contributed by atoms with Crippen LogP contribution in [-0.4, -0.2) is 79.2 Å². The van der Waals surface area contributed by atoms with Crippen LogP contribution in [0, 0.1) is 0 Å². The maximum atomic E-state index is 5.61. The number of hydrogen-bond acceptors (Lipinski definition) is 9. The van der Waals surface area contributed by atoms with Gasteiger partial charge in [-0.1, -0.05) is 0 Å². The topological polar surface area (TPSA) is 117 Å². The van der Waals surface area contributed by atoms with Crippen LogP contribution in [0.2, 0.25) is 0 Å². The van der Waals surface area contributed by atoms with Crippen LogP contribution in [0.4, 0.5) is 0 Å². The second-order valence-electron chi connectivity index (χ2n) is 6.75. The normalized spacial score (nSPS) is 10.7. The lowest BCUT2D eigenvalue weighted by Gasteiger charge is -2.10. The first-order valence-corrected chi connectivity index (χ1v) is 11.2. The molecular formula is C24H36N2O7. The highest BCUT2D eigenvalue weighted by Gasteiger charge is 1.98. The number of ether oxygens (including phenoxy) is 7. The van der Waals surface area contributed by atoms with E-state index in [2.05, 4.69) is 0 Å². The summed E-state index contributed by atoms with van der Waals surface area (Å²) in [7, 11) is 0. The van der Waals surface area contributed by atoms with Crippen molar-refractivity contribution < 1.29 is 33.2 Å². The molecule has 0 radical (unpaired) electrons. The predicted octanol–water partition coefficient (Wildman–Crippen LogP) is 1.87. The highest BCUT2D eigenvalue weighted by atomic mass is 16.6. The molecule has 9 heteroatoms. The molecule has 33 heavy (non-hydrogen) atoms. The molecule has 2 aromatic carbocycles. The molecule has 0 unspecified atom stereocenters. The summed E-state index contributed by atoms with van der Waals surface area (Å²) >= 11 is 0.